The molecule has 12 heteroatoms. The van der Waals surface area contributed by atoms with E-state index >= 15 is 0 Å². The zero-order valence-electron chi connectivity index (χ0n) is 26.8. The van der Waals surface area contributed by atoms with Gasteiger partial charge in [-0.15, -0.1) is 10.2 Å². The number of hydrogen-bond donors (Lipinski definition) is 2. The van der Waals surface area contributed by atoms with Gasteiger partial charge in [0.1, 0.15) is 11.4 Å². The van der Waals surface area contributed by atoms with E-state index in [2.05, 4.69) is 53.3 Å². The minimum absolute atomic E-state index is 0.0291. The number of hydrogen-bond acceptors (Lipinski definition) is 7. The number of nitrogens with one attached hydrogen (secondary N) is 2. The summed E-state index contributed by atoms with van der Waals surface area (Å²) in [4.78, 5) is 34.7. The molecule has 10 nitrogen and oxygen atoms in total. The number of aromatic nitrogens is 4. The molecule has 1 aromatic heterocycles. The summed E-state index contributed by atoms with van der Waals surface area (Å²) in [5, 5.41) is 17.3. The smallest absolute Gasteiger partial charge is 0.275 e. The molecule has 1 fully saturated rings. The van der Waals surface area contributed by atoms with Crippen molar-refractivity contribution in [3.8, 4) is 0 Å². The van der Waals surface area contributed by atoms with Crippen LogP contribution in [0.1, 0.15) is 99.6 Å². The second-order valence-electron chi connectivity index (χ2n) is 13.5. The molecule has 1 aliphatic heterocycles. The van der Waals surface area contributed by atoms with Crippen LogP contribution in [0.3, 0.4) is 0 Å². The number of carbonyl (C=O) groups is 2. The second-order valence-corrected chi connectivity index (χ2v) is 14.4. The Morgan fingerprint density at radius 2 is 1.83 bits per heavy atom. The molecule has 2 aliphatic rings. The van der Waals surface area contributed by atoms with Crippen LogP contribution in [-0.4, -0.2) is 61.4 Å². The molecule has 2 amide bonds. The van der Waals surface area contributed by atoms with Gasteiger partial charge in [-0.25, -0.2) is 0 Å². The monoisotopic (exact) mass is 665 g/mol. The van der Waals surface area contributed by atoms with Gasteiger partial charge in [0.2, 0.25) is 0 Å². The maximum absolute atomic E-state index is 14.6. The zero-order chi connectivity index (χ0) is 33.1. The van der Waals surface area contributed by atoms with E-state index in [0.717, 1.165) is 36.8 Å². The lowest BCUT2D eigenvalue weighted by Crippen LogP contribution is -2.51. The number of ether oxygens (including phenoxy) is 1. The third kappa shape index (κ3) is 8.03. The summed E-state index contributed by atoms with van der Waals surface area (Å²) in [5.41, 5.74) is 2.65. The van der Waals surface area contributed by atoms with Crippen LogP contribution >= 0.6 is 23.2 Å². The highest BCUT2D eigenvalue weighted by Crippen LogP contribution is 2.47. The Morgan fingerprint density at radius 1 is 1.15 bits per heavy atom. The predicted molar refractivity (Wildman–Crippen MR) is 179 cm³/mol. The number of halogens is 2. The number of aliphatic imine (C=N–C) groups is 1. The molecular formula is C34H41Cl2N7O3. The number of nitrogens with zero attached hydrogens (tertiary/aromatic N) is 5. The first kappa shape index (κ1) is 33.8. The highest BCUT2D eigenvalue weighted by atomic mass is 35.5. The molecule has 2 heterocycles. The van der Waals surface area contributed by atoms with Crippen molar-refractivity contribution < 1.29 is 14.3 Å². The van der Waals surface area contributed by atoms with E-state index in [0.29, 0.717) is 52.2 Å². The molecule has 0 unspecified atom stereocenters. The number of H-pyrrole nitrogens is 1. The van der Waals surface area contributed by atoms with Crippen molar-refractivity contribution in [1.29, 1.82) is 0 Å². The number of rotatable bonds is 11. The quantitative estimate of drug-likeness (QED) is 0.215. The topological polar surface area (TPSA) is 125 Å². The number of amides is 2. The normalized spacial score (nSPS) is 20.6. The van der Waals surface area contributed by atoms with Gasteiger partial charge in [-0.05, 0) is 86.8 Å². The summed E-state index contributed by atoms with van der Waals surface area (Å²) < 4.78 is 6.13. The van der Waals surface area contributed by atoms with Gasteiger partial charge >= 0.3 is 0 Å². The van der Waals surface area contributed by atoms with Gasteiger partial charge in [0.05, 0.1) is 25.3 Å². The molecular weight excluding hydrogens is 625 g/mol. The largest absolute Gasteiger partial charge is 0.374 e. The highest BCUT2D eigenvalue weighted by molar-refractivity contribution is 6.47. The van der Waals surface area contributed by atoms with Crippen LogP contribution < -0.4 is 5.32 Å². The van der Waals surface area contributed by atoms with Gasteiger partial charge in [-0.2, -0.15) is 5.21 Å². The first-order valence-corrected chi connectivity index (χ1v) is 16.4. The summed E-state index contributed by atoms with van der Waals surface area (Å²) >= 11 is 12.8. The molecule has 3 aromatic rings. The Labute approximate surface area is 280 Å². The SMILES string of the molecule is C=C(C)COC1CCC2(CC1)N=C(c1cc(Cl)cc(Cl)c1)C(=O)N2[C@H](CCC(C)(C)C)c1ccc(C(=O)NCc2nn[nH]n2)cc1. The number of aromatic amines is 1. The van der Waals surface area contributed by atoms with Crippen LogP contribution in [-0.2, 0) is 16.1 Å². The Hall–Kier alpha value is -3.60. The molecule has 1 spiro atoms. The standard InChI is InChI=1S/C34H41Cl2N7O3/c1-21(2)20-46-27-10-14-34(15-11-27)38-30(24-16-25(35)18-26(36)17-24)32(45)43(34)28(12-13-33(3,4)5)22-6-8-23(9-7-22)31(44)37-19-29-39-41-42-40-29/h6-9,16-18,27-28H,1,10-15,19-20H2,2-5H3,(H,37,44)(H,39,40,41,42)/t27?,28-,34?/m1/s1. The van der Waals surface area contributed by atoms with E-state index in [1.807, 2.05) is 24.0 Å². The Kier molecular flexibility index (Phi) is 10.3. The molecule has 2 aromatic carbocycles. The maximum Gasteiger partial charge on any atom is 0.275 e. The first-order chi connectivity index (χ1) is 21.8. The van der Waals surface area contributed by atoms with E-state index in [1.54, 1.807) is 30.3 Å². The van der Waals surface area contributed by atoms with Crippen molar-refractivity contribution in [2.45, 2.75) is 90.6 Å². The summed E-state index contributed by atoms with van der Waals surface area (Å²) in [6, 6.07) is 12.3. The fraction of sp³-hybridized carbons (Fsp3) is 0.471. The molecule has 0 bridgehead atoms. The number of tetrazole rings is 1. The van der Waals surface area contributed by atoms with E-state index in [-0.39, 0.29) is 35.9 Å². The summed E-state index contributed by atoms with van der Waals surface area (Å²) in [6.07, 6.45) is 4.48. The minimum atomic E-state index is -0.756. The van der Waals surface area contributed by atoms with Crippen LogP contribution in [0.2, 0.25) is 10.0 Å². The Bertz CT molecular complexity index is 1570. The molecule has 0 radical (unpaired) electrons. The predicted octanol–water partition coefficient (Wildman–Crippen LogP) is 6.87. The minimum Gasteiger partial charge on any atom is -0.374 e. The lowest BCUT2D eigenvalue weighted by molar-refractivity contribution is -0.134. The Morgan fingerprint density at radius 3 is 2.41 bits per heavy atom. The van der Waals surface area contributed by atoms with Gasteiger partial charge < -0.3 is 15.0 Å². The molecule has 2 N–H and O–H groups in total. The highest BCUT2D eigenvalue weighted by Gasteiger charge is 2.52. The fourth-order valence-electron chi connectivity index (χ4n) is 6.15. The van der Waals surface area contributed by atoms with Crippen LogP contribution in [0.5, 0.6) is 0 Å². The summed E-state index contributed by atoms with van der Waals surface area (Å²) in [5.74, 6) is -0.0186. The van der Waals surface area contributed by atoms with Crippen molar-refractivity contribution in [2.75, 3.05) is 6.61 Å². The van der Waals surface area contributed by atoms with E-state index in [1.165, 1.54) is 0 Å². The van der Waals surface area contributed by atoms with Crippen molar-refractivity contribution in [2.24, 2.45) is 10.4 Å². The van der Waals surface area contributed by atoms with Crippen molar-refractivity contribution in [3.63, 3.8) is 0 Å². The third-order valence-corrected chi connectivity index (χ3v) is 8.89. The fourth-order valence-corrected chi connectivity index (χ4v) is 6.67. The summed E-state index contributed by atoms with van der Waals surface area (Å²) in [6.45, 7) is 13.2. The number of carbonyl (C=O) groups excluding carboxylic acids is 2. The molecule has 46 heavy (non-hydrogen) atoms. The molecule has 244 valence electrons. The molecule has 1 saturated carbocycles. The van der Waals surface area contributed by atoms with Gasteiger partial charge in [0.15, 0.2) is 5.82 Å². The maximum atomic E-state index is 14.6. The van der Waals surface area contributed by atoms with E-state index in [4.69, 9.17) is 32.9 Å². The molecule has 5 rings (SSSR count). The zero-order valence-corrected chi connectivity index (χ0v) is 28.3. The first-order valence-electron chi connectivity index (χ1n) is 15.6. The van der Waals surface area contributed by atoms with Gasteiger partial charge in [-0.1, -0.05) is 73.5 Å². The van der Waals surface area contributed by atoms with Crippen molar-refractivity contribution in [1.82, 2.24) is 30.8 Å². The van der Waals surface area contributed by atoms with Crippen molar-refractivity contribution >= 4 is 40.7 Å². The lowest BCUT2D eigenvalue weighted by Gasteiger charge is -2.45. The lowest BCUT2D eigenvalue weighted by atomic mass is 9.82. The number of benzene rings is 2. The van der Waals surface area contributed by atoms with Crippen molar-refractivity contribution in [3.05, 3.63) is 87.2 Å². The summed E-state index contributed by atoms with van der Waals surface area (Å²) in [7, 11) is 0. The molecule has 1 atom stereocenters. The third-order valence-electron chi connectivity index (χ3n) is 8.46. The second kappa shape index (κ2) is 14.0. The van der Waals surface area contributed by atoms with Gasteiger partial charge in [-0.3, -0.25) is 14.6 Å². The van der Waals surface area contributed by atoms with Crippen LogP contribution in [0.25, 0.3) is 0 Å². The van der Waals surface area contributed by atoms with Crippen LogP contribution in [0.15, 0.2) is 59.6 Å². The molecule has 0 saturated heterocycles. The molecule has 1 aliphatic carbocycles. The average Bonchev–Trinajstić information content (AvgIpc) is 3.62. The van der Waals surface area contributed by atoms with Crippen LogP contribution in [0, 0.1) is 5.41 Å². The van der Waals surface area contributed by atoms with E-state index in [9.17, 15) is 9.59 Å². The van der Waals surface area contributed by atoms with Crippen LogP contribution in [0.4, 0.5) is 0 Å². The van der Waals surface area contributed by atoms with Gasteiger partial charge in [0.25, 0.3) is 11.8 Å². The van der Waals surface area contributed by atoms with Gasteiger partial charge in [0, 0.05) is 21.2 Å². The average molecular weight is 667 g/mol. The Balaban J connectivity index is 1.48. The van der Waals surface area contributed by atoms with E-state index < -0.39 is 5.66 Å².